The van der Waals surface area contributed by atoms with Crippen LogP contribution in [0.5, 0.6) is 0 Å². The largest absolute Gasteiger partial charge is 0.478 e. The molecule has 0 saturated heterocycles. The summed E-state index contributed by atoms with van der Waals surface area (Å²) in [7, 11) is 0. The maximum Gasteiger partial charge on any atom is 0.331 e. The highest BCUT2D eigenvalue weighted by molar-refractivity contribution is 5.95. The predicted molar refractivity (Wildman–Crippen MR) is 62.5 cm³/mol. The van der Waals surface area contributed by atoms with Crippen molar-refractivity contribution in [2.45, 2.75) is 20.8 Å². The van der Waals surface area contributed by atoms with Crippen molar-refractivity contribution in [3.8, 4) is 0 Å². The van der Waals surface area contributed by atoms with Gasteiger partial charge in [0.1, 0.15) is 0 Å². The monoisotopic (exact) mass is 218 g/mol. The molecule has 0 heterocycles. The van der Waals surface area contributed by atoms with Gasteiger partial charge in [0, 0.05) is 11.1 Å². The van der Waals surface area contributed by atoms with Crippen molar-refractivity contribution in [2.75, 3.05) is 0 Å². The third kappa shape index (κ3) is 2.79. The van der Waals surface area contributed by atoms with E-state index >= 15 is 0 Å². The van der Waals surface area contributed by atoms with E-state index in [9.17, 15) is 9.59 Å². The molecule has 0 atom stereocenters. The molecule has 0 aliphatic carbocycles. The molecular weight excluding hydrogens is 204 g/mol. The van der Waals surface area contributed by atoms with E-state index in [1.54, 1.807) is 31.2 Å². The fourth-order valence-electron chi connectivity index (χ4n) is 1.35. The molecule has 1 aromatic rings. The van der Waals surface area contributed by atoms with Gasteiger partial charge in [-0.05, 0) is 44.0 Å². The Morgan fingerprint density at radius 2 is 1.88 bits per heavy atom. The number of hydrogen-bond acceptors (Lipinski definition) is 2. The molecule has 0 saturated carbocycles. The molecule has 1 N–H and O–H groups in total. The Kier molecular flexibility index (Phi) is 3.61. The number of carboxylic acid groups (broad SMARTS) is 1. The number of hydrogen-bond donors (Lipinski definition) is 1. The lowest BCUT2D eigenvalue weighted by atomic mass is 10.0. The summed E-state index contributed by atoms with van der Waals surface area (Å²) < 4.78 is 0. The van der Waals surface area contributed by atoms with E-state index in [4.69, 9.17) is 5.11 Å². The number of aryl methyl sites for hydroxylation is 1. The first-order chi connectivity index (χ1) is 7.41. The first-order valence-corrected chi connectivity index (χ1v) is 4.95. The molecule has 0 aromatic heterocycles. The molecule has 0 unspecified atom stereocenters. The van der Waals surface area contributed by atoms with E-state index in [-0.39, 0.29) is 11.4 Å². The molecule has 3 nitrogen and oxygen atoms in total. The maximum atomic E-state index is 11.1. The summed E-state index contributed by atoms with van der Waals surface area (Å²) >= 11 is 0. The second-order valence-electron chi connectivity index (χ2n) is 3.76. The van der Waals surface area contributed by atoms with Gasteiger partial charge in [-0.3, -0.25) is 4.79 Å². The van der Waals surface area contributed by atoms with Gasteiger partial charge in [0.25, 0.3) is 0 Å². The number of rotatable bonds is 3. The molecule has 1 rings (SSSR count). The highest BCUT2D eigenvalue weighted by Crippen LogP contribution is 2.15. The minimum absolute atomic E-state index is 0.00795. The molecule has 0 aliphatic heterocycles. The van der Waals surface area contributed by atoms with E-state index < -0.39 is 5.97 Å². The zero-order valence-corrected chi connectivity index (χ0v) is 9.57. The topological polar surface area (TPSA) is 54.4 Å². The average Bonchev–Trinajstić information content (AvgIpc) is 2.20. The standard InChI is InChI=1S/C13H14O3/c1-8-6-12(10(3)14)5-4-11(8)7-9(2)13(15)16/h4-7H,1-3H3,(H,15,16)/b9-7+. The summed E-state index contributed by atoms with van der Waals surface area (Å²) in [4.78, 5) is 21.8. The van der Waals surface area contributed by atoms with Crippen LogP contribution in [0.4, 0.5) is 0 Å². The van der Waals surface area contributed by atoms with Gasteiger partial charge in [-0.15, -0.1) is 0 Å². The van der Waals surface area contributed by atoms with Crippen molar-refractivity contribution in [1.29, 1.82) is 0 Å². The van der Waals surface area contributed by atoms with Crippen LogP contribution in [0.2, 0.25) is 0 Å². The SMILES string of the molecule is CC(=O)c1ccc(/C=C(\C)C(=O)O)c(C)c1. The summed E-state index contributed by atoms with van der Waals surface area (Å²) in [6.07, 6.45) is 1.60. The normalized spacial score (nSPS) is 11.3. The van der Waals surface area contributed by atoms with Gasteiger partial charge in [0.2, 0.25) is 0 Å². The van der Waals surface area contributed by atoms with E-state index in [0.29, 0.717) is 5.56 Å². The number of carbonyl (C=O) groups is 2. The fraction of sp³-hybridized carbons (Fsp3) is 0.231. The van der Waals surface area contributed by atoms with Crippen molar-refractivity contribution < 1.29 is 14.7 Å². The second kappa shape index (κ2) is 4.75. The lowest BCUT2D eigenvalue weighted by Crippen LogP contribution is -1.97. The number of ketones is 1. The van der Waals surface area contributed by atoms with Crippen molar-refractivity contribution in [3.05, 3.63) is 40.5 Å². The maximum absolute atomic E-state index is 11.1. The Hall–Kier alpha value is -1.90. The van der Waals surface area contributed by atoms with Gasteiger partial charge in [0.15, 0.2) is 5.78 Å². The molecule has 1 aromatic carbocycles. The molecule has 0 amide bonds. The highest BCUT2D eigenvalue weighted by Gasteiger charge is 2.04. The van der Waals surface area contributed by atoms with Crippen LogP contribution in [0.15, 0.2) is 23.8 Å². The number of aliphatic carboxylic acids is 1. The third-order valence-corrected chi connectivity index (χ3v) is 2.39. The zero-order chi connectivity index (χ0) is 12.3. The van der Waals surface area contributed by atoms with E-state index in [1.807, 2.05) is 6.92 Å². The third-order valence-electron chi connectivity index (χ3n) is 2.39. The molecule has 0 fully saturated rings. The average molecular weight is 218 g/mol. The van der Waals surface area contributed by atoms with Gasteiger partial charge in [-0.25, -0.2) is 4.79 Å². The van der Waals surface area contributed by atoms with Gasteiger partial charge in [-0.2, -0.15) is 0 Å². The fourth-order valence-corrected chi connectivity index (χ4v) is 1.35. The molecule has 16 heavy (non-hydrogen) atoms. The quantitative estimate of drug-likeness (QED) is 0.626. The summed E-state index contributed by atoms with van der Waals surface area (Å²) in [5, 5.41) is 8.75. The predicted octanol–water partition coefficient (Wildman–Crippen LogP) is 2.69. The Labute approximate surface area is 94.4 Å². The lowest BCUT2D eigenvalue weighted by molar-refractivity contribution is -0.132. The first-order valence-electron chi connectivity index (χ1n) is 4.95. The van der Waals surface area contributed by atoms with Crippen LogP contribution in [0.3, 0.4) is 0 Å². The molecular formula is C13H14O3. The molecule has 0 aliphatic rings. The number of benzene rings is 1. The van der Waals surface area contributed by atoms with E-state index in [2.05, 4.69) is 0 Å². The molecule has 0 bridgehead atoms. The van der Waals surface area contributed by atoms with Crippen LogP contribution in [0, 0.1) is 6.92 Å². The molecule has 84 valence electrons. The van der Waals surface area contributed by atoms with Crippen LogP contribution in [0.25, 0.3) is 6.08 Å². The Balaban J connectivity index is 3.14. The highest BCUT2D eigenvalue weighted by atomic mass is 16.4. The summed E-state index contributed by atoms with van der Waals surface area (Å²) in [6, 6.07) is 5.23. The van der Waals surface area contributed by atoms with Crippen molar-refractivity contribution in [2.24, 2.45) is 0 Å². The second-order valence-corrected chi connectivity index (χ2v) is 3.76. The molecule has 3 heteroatoms. The molecule has 0 spiro atoms. The lowest BCUT2D eigenvalue weighted by Gasteiger charge is -2.03. The zero-order valence-electron chi connectivity index (χ0n) is 9.57. The minimum atomic E-state index is -0.935. The summed E-state index contributed by atoms with van der Waals surface area (Å²) in [6.45, 7) is 4.90. The van der Waals surface area contributed by atoms with Gasteiger partial charge in [0.05, 0.1) is 0 Å². The Bertz CT molecular complexity index is 470. The van der Waals surface area contributed by atoms with Gasteiger partial charge in [-0.1, -0.05) is 12.1 Å². The van der Waals surface area contributed by atoms with Gasteiger partial charge >= 0.3 is 5.97 Å². The minimum Gasteiger partial charge on any atom is -0.478 e. The smallest absolute Gasteiger partial charge is 0.331 e. The Morgan fingerprint density at radius 3 is 2.31 bits per heavy atom. The first kappa shape index (κ1) is 12.2. The van der Waals surface area contributed by atoms with Crippen LogP contribution in [-0.2, 0) is 4.79 Å². The molecule has 0 radical (unpaired) electrons. The van der Waals surface area contributed by atoms with Crippen LogP contribution >= 0.6 is 0 Å². The van der Waals surface area contributed by atoms with E-state index in [0.717, 1.165) is 11.1 Å². The van der Waals surface area contributed by atoms with Crippen molar-refractivity contribution in [1.82, 2.24) is 0 Å². The summed E-state index contributed by atoms with van der Waals surface area (Å²) in [5.41, 5.74) is 2.64. The van der Waals surface area contributed by atoms with Crippen molar-refractivity contribution >= 4 is 17.8 Å². The number of carbonyl (C=O) groups excluding carboxylic acids is 1. The van der Waals surface area contributed by atoms with Crippen LogP contribution in [0.1, 0.15) is 35.3 Å². The Morgan fingerprint density at radius 1 is 1.25 bits per heavy atom. The van der Waals surface area contributed by atoms with Gasteiger partial charge < -0.3 is 5.11 Å². The van der Waals surface area contributed by atoms with Crippen molar-refractivity contribution in [3.63, 3.8) is 0 Å². The number of Topliss-reactive ketones (excluding diaryl/α,β-unsaturated/α-hetero) is 1. The van der Waals surface area contributed by atoms with Crippen LogP contribution < -0.4 is 0 Å². The van der Waals surface area contributed by atoms with Crippen LogP contribution in [-0.4, -0.2) is 16.9 Å². The number of carboxylic acids is 1. The summed E-state index contributed by atoms with van der Waals surface area (Å²) in [5.74, 6) is -0.927. The van der Waals surface area contributed by atoms with E-state index in [1.165, 1.54) is 6.92 Å².